The van der Waals surface area contributed by atoms with E-state index in [1.165, 1.54) is 0 Å². The summed E-state index contributed by atoms with van der Waals surface area (Å²) in [6, 6.07) is 1.84. The number of oxime groups is 1. The highest BCUT2D eigenvalue weighted by Gasteiger charge is 2.23. The lowest BCUT2D eigenvalue weighted by atomic mass is 10.1. The maximum Gasteiger partial charge on any atom is 0.174 e. The van der Waals surface area contributed by atoms with E-state index in [0.29, 0.717) is 17.9 Å². The molecule has 3 rings (SSSR count). The van der Waals surface area contributed by atoms with Gasteiger partial charge in [-0.05, 0) is 18.6 Å². The van der Waals surface area contributed by atoms with Crippen molar-refractivity contribution >= 4 is 11.7 Å². The predicted molar refractivity (Wildman–Crippen MR) is 72.6 cm³/mol. The summed E-state index contributed by atoms with van der Waals surface area (Å²) in [6.07, 6.45) is 3.44. The normalized spacial score (nSPS) is 15.2. The minimum absolute atomic E-state index is 0.0673. The Bertz CT molecular complexity index is 664. The van der Waals surface area contributed by atoms with Crippen molar-refractivity contribution in [2.24, 2.45) is 10.9 Å². The van der Waals surface area contributed by atoms with E-state index in [0.717, 1.165) is 24.5 Å². The maximum absolute atomic E-state index is 8.95. The van der Waals surface area contributed by atoms with Gasteiger partial charge in [0.25, 0.3) is 0 Å². The van der Waals surface area contributed by atoms with E-state index in [4.69, 9.17) is 10.9 Å². The lowest BCUT2D eigenvalue weighted by Crippen LogP contribution is -2.36. The maximum atomic E-state index is 8.95. The van der Waals surface area contributed by atoms with Gasteiger partial charge in [0.15, 0.2) is 11.7 Å². The van der Waals surface area contributed by atoms with Gasteiger partial charge < -0.3 is 20.4 Å². The Morgan fingerprint density at radius 1 is 1.45 bits per heavy atom. The molecule has 0 unspecified atom stereocenters. The van der Waals surface area contributed by atoms with Crippen LogP contribution in [0.1, 0.15) is 17.0 Å². The molecular formula is C12H15N7O. The molecule has 0 fully saturated rings. The van der Waals surface area contributed by atoms with Crippen LogP contribution in [0.4, 0.5) is 5.82 Å². The summed E-state index contributed by atoms with van der Waals surface area (Å²) in [6.45, 7) is 4.06. The van der Waals surface area contributed by atoms with Crippen molar-refractivity contribution in [1.29, 1.82) is 0 Å². The zero-order valence-electron chi connectivity index (χ0n) is 11.1. The number of hydrogen-bond acceptors (Lipinski definition) is 6. The molecule has 0 saturated heterocycles. The van der Waals surface area contributed by atoms with Crippen molar-refractivity contribution in [2.45, 2.75) is 20.0 Å². The first-order valence-electron chi connectivity index (χ1n) is 6.26. The fourth-order valence-corrected chi connectivity index (χ4v) is 2.40. The topological polar surface area (TPSA) is 105 Å². The van der Waals surface area contributed by atoms with E-state index in [1.54, 1.807) is 12.5 Å². The predicted octanol–water partition coefficient (Wildman–Crippen LogP) is 0.0962. The Morgan fingerprint density at radius 3 is 3.10 bits per heavy atom. The van der Waals surface area contributed by atoms with Crippen LogP contribution in [0.25, 0.3) is 0 Å². The van der Waals surface area contributed by atoms with Crippen LogP contribution >= 0.6 is 0 Å². The van der Waals surface area contributed by atoms with Crippen LogP contribution in [0.2, 0.25) is 0 Å². The first kappa shape index (κ1) is 12.4. The lowest BCUT2D eigenvalue weighted by Gasteiger charge is -2.29. The molecule has 8 heteroatoms. The number of fused-ring (bicyclic) bond motifs is 1. The number of aryl methyl sites for hydroxylation is 1. The summed E-state index contributed by atoms with van der Waals surface area (Å²) in [5, 5.41) is 20.0. The second kappa shape index (κ2) is 4.80. The molecular weight excluding hydrogens is 258 g/mol. The van der Waals surface area contributed by atoms with Gasteiger partial charge in [0.1, 0.15) is 12.1 Å². The van der Waals surface area contributed by atoms with E-state index in [1.807, 2.05) is 17.6 Å². The molecule has 1 aliphatic heterocycles. The first-order valence-corrected chi connectivity index (χ1v) is 6.26. The molecule has 0 aliphatic carbocycles. The van der Waals surface area contributed by atoms with Crippen LogP contribution < -0.4 is 10.6 Å². The molecule has 0 bridgehead atoms. The molecule has 3 N–H and O–H groups in total. The molecule has 104 valence electrons. The SMILES string of the molecule is Cc1ccnc(N2CCn3cnnc3C2)c1/C(N)=N/O. The van der Waals surface area contributed by atoms with Crippen molar-refractivity contribution in [3.63, 3.8) is 0 Å². The molecule has 20 heavy (non-hydrogen) atoms. The molecule has 1 aliphatic rings. The van der Waals surface area contributed by atoms with Crippen molar-refractivity contribution < 1.29 is 5.21 Å². The van der Waals surface area contributed by atoms with Crippen LogP contribution in [0.15, 0.2) is 23.7 Å². The highest BCUT2D eigenvalue weighted by atomic mass is 16.4. The van der Waals surface area contributed by atoms with Gasteiger partial charge in [-0.3, -0.25) is 0 Å². The highest BCUT2D eigenvalue weighted by molar-refractivity contribution is 6.02. The second-order valence-electron chi connectivity index (χ2n) is 4.67. The molecule has 0 radical (unpaired) electrons. The van der Waals surface area contributed by atoms with E-state index < -0.39 is 0 Å². The minimum Gasteiger partial charge on any atom is -0.409 e. The van der Waals surface area contributed by atoms with Crippen molar-refractivity contribution in [1.82, 2.24) is 19.7 Å². The molecule has 8 nitrogen and oxygen atoms in total. The largest absolute Gasteiger partial charge is 0.409 e. The van der Waals surface area contributed by atoms with Crippen molar-refractivity contribution in [2.75, 3.05) is 11.4 Å². The number of pyridine rings is 1. The van der Waals surface area contributed by atoms with Gasteiger partial charge in [-0.1, -0.05) is 5.16 Å². The van der Waals surface area contributed by atoms with Gasteiger partial charge in [-0.25, -0.2) is 4.98 Å². The smallest absolute Gasteiger partial charge is 0.174 e. The van der Waals surface area contributed by atoms with Crippen LogP contribution in [0, 0.1) is 6.92 Å². The molecule has 0 amide bonds. The monoisotopic (exact) mass is 273 g/mol. The molecule has 0 spiro atoms. The van der Waals surface area contributed by atoms with E-state index >= 15 is 0 Å². The number of nitrogens with zero attached hydrogens (tertiary/aromatic N) is 6. The number of rotatable bonds is 2. The second-order valence-corrected chi connectivity index (χ2v) is 4.67. The van der Waals surface area contributed by atoms with Gasteiger partial charge in [-0.15, -0.1) is 10.2 Å². The van der Waals surface area contributed by atoms with Gasteiger partial charge >= 0.3 is 0 Å². The van der Waals surface area contributed by atoms with Gasteiger partial charge in [0.2, 0.25) is 0 Å². The molecule has 2 aromatic rings. The van der Waals surface area contributed by atoms with E-state index in [-0.39, 0.29) is 5.84 Å². The summed E-state index contributed by atoms with van der Waals surface area (Å²) < 4.78 is 2.01. The summed E-state index contributed by atoms with van der Waals surface area (Å²) in [5.74, 6) is 1.65. The van der Waals surface area contributed by atoms with Gasteiger partial charge in [-0.2, -0.15) is 0 Å². The van der Waals surface area contributed by atoms with E-state index in [9.17, 15) is 0 Å². The van der Waals surface area contributed by atoms with Crippen LogP contribution in [0.5, 0.6) is 0 Å². The summed E-state index contributed by atoms with van der Waals surface area (Å²) >= 11 is 0. The third-order valence-electron chi connectivity index (χ3n) is 3.44. The van der Waals surface area contributed by atoms with Crippen molar-refractivity contribution in [3.8, 4) is 0 Å². The minimum atomic E-state index is 0.0673. The third-order valence-corrected chi connectivity index (χ3v) is 3.44. The van der Waals surface area contributed by atoms with E-state index in [2.05, 4.69) is 25.2 Å². The molecule has 0 saturated carbocycles. The number of anilines is 1. The molecule has 3 heterocycles. The van der Waals surface area contributed by atoms with Crippen LogP contribution in [-0.2, 0) is 13.1 Å². The lowest BCUT2D eigenvalue weighted by molar-refractivity contribution is 0.318. The highest BCUT2D eigenvalue weighted by Crippen LogP contribution is 2.24. The quantitative estimate of drug-likeness (QED) is 0.348. The van der Waals surface area contributed by atoms with Gasteiger partial charge in [0.05, 0.1) is 12.1 Å². The number of aromatic nitrogens is 4. The average molecular weight is 273 g/mol. The Hall–Kier alpha value is -2.64. The number of hydrogen-bond donors (Lipinski definition) is 2. The first-order chi connectivity index (χ1) is 9.70. The Morgan fingerprint density at radius 2 is 2.30 bits per heavy atom. The fourth-order valence-electron chi connectivity index (χ4n) is 2.40. The number of nitrogens with two attached hydrogens (primary N) is 1. The fraction of sp³-hybridized carbons (Fsp3) is 0.333. The molecule has 0 aromatic carbocycles. The van der Waals surface area contributed by atoms with Crippen LogP contribution in [0.3, 0.4) is 0 Å². The Kier molecular flexibility index (Phi) is 2.97. The van der Waals surface area contributed by atoms with Crippen LogP contribution in [-0.4, -0.2) is 37.3 Å². The summed E-state index contributed by atoms with van der Waals surface area (Å²) in [4.78, 5) is 6.45. The standard InChI is InChI=1S/C12H15N7O/c1-8-2-3-14-12(10(8)11(13)17-20)18-4-5-19-7-15-16-9(19)6-18/h2-3,7,20H,4-6H2,1H3,(H2,13,17). The molecule has 0 atom stereocenters. The van der Waals surface area contributed by atoms with Crippen molar-refractivity contribution in [3.05, 3.63) is 35.5 Å². The average Bonchev–Trinajstić information content (AvgIpc) is 2.93. The number of amidine groups is 1. The zero-order chi connectivity index (χ0) is 14.1. The third kappa shape index (κ3) is 1.94. The Balaban J connectivity index is 2.02. The van der Waals surface area contributed by atoms with Gasteiger partial charge in [0, 0.05) is 19.3 Å². The summed E-state index contributed by atoms with van der Waals surface area (Å²) in [5.41, 5.74) is 7.35. The summed E-state index contributed by atoms with van der Waals surface area (Å²) in [7, 11) is 0. The zero-order valence-corrected chi connectivity index (χ0v) is 11.1. The Labute approximate surface area is 115 Å². The molecule has 2 aromatic heterocycles.